The molecule has 2 amide bonds. The third kappa shape index (κ3) is 6.10. The van der Waals surface area contributed by atoms with Gasteiger partial charge in [0.25, 0.3) is 0 Å². The lowest BCUT2D eigenvalue weighted by molar-refractivity contribution is -0.145. The van der Waals surface area contributed by atoms with Gasteiger partial charge in [-0.05, 0) is 68.2 Å². The van der Waals surface area contributed by atoms with Crippen molar-refractivity contribution in [1.29, 1.82) is 5.26 Å². The third-order valence-corrected chi connectivity index (χ3v) is 9.16. The third-order valence-electron chi connectivity index (χ3n) is 9.16. The summed E-state index contributed by atoms with van der Waals surface area (Å²) < 4.78 is 0. The Bertz CT molecular complexity index is 978. The normalized spacial score (nSPS) is 25.5. The van der Waals surface area contributed by atoms with Crippen molar-refractivity contribution in [1.82, 2.24) is 19.6 Å². The summed E-state index contributed by atoms with van der Waals surface area (Å²) in [5, 5.41) is 19.0. The number of urea groups is 1. The van der Waals surface area contributed by atoms with E-state index in [1.807, 2.05) is 29.2 Å². The van der Waals surface area contributed by atoms with Crippen molar-refractivity contribution in [3.63, 3.8) is 0 Å². The van der Waals surface area contributed by atoms with Gasteiger partial charge in [0.15, 0.2) is 0 Å². The molecule has 1 aromatic rings. The van der Waals surface area contributed by atoms with E-state index < -0.39 is 5.97 Å². The van der Waals surface area contributed by atoms with Gasteiger partial charge in [-0.3, -0.25) is 9.69 Å². The molecule has 0 spiro atoms. The molecule has 3 aliphatic heterocycles. The molecule has 5 rings (SSSR count). The van der Waals surface area contributed by atoms with Crippen LogP contribution in [0, 0.1) is 23.2 Å². The number of hydrogen-bond acceptors (Lipinski definition) is 5. The predicted molar refractivity (Wildman–Crippen MR) is 141 cm³/mol. The molecule has 1 aromatic carbocycles. The molecule has 0 radical (unpaired) electrons. The van der Waals surface area contributed by atoms with Crippen molar-refractivity contribution in [3.05, 3.63) is 35.4 Å². The maximum absolute atomic E-state index is 13.1. The van der Waals surface area contributed by atoms with Crippen molar-refractivity contribution < 1.29 is 14.7 Å². The highest BCUT2D eigenvalue weighted by molar-refractivity contribution is 5.77. The Morgan fingerprint density at radius 1 is 0.973 bits per heavy atom. The first-order valence-electron chi connectivity index (χ1n) is 14.3. The predicted octanol–water partition coefficient (Wildman–Crippen LogP) is 3.62. The van der Waals surface area contributed by atoms with E-state index in [9.17, 15) is 14.7 Å². The van der Waals surface area contributed by atoms with Crippen molar-refractivity contribution in [3.8, 4) is 6.07 Å². The summed E-state index contributed by atoms with van der Waals surface area (Å²) >= 11 is 0. The fourth-order valence-corrected chi connectivity index (χ4v) is 7.14. The van der Waals surface area contributed by atoms with E-state index in [0.717, 1.165) is 83.5 Å². The van der Waals surface area contributed by atoms with Gasteiger partial charge >= 0.3 is 12.0 Å². The molecule has 3 heterocycles. The zero-order chi connectivity index (χ0) is 25.8. The Hall–Kier alpha value is -2.63. The fourth-order valence-electron chi connectivity index (χ4n) is 7.14. The van der Waals surface area contributed by atoms with Gasteiger partial charge in [0.1, 0.15) is 6.04 Å². The number of piperidine rings is 1. The summed E-state index contributed by atoms with van der Waals surface area (Å²) in [5.74, 6) is 0.227. The number of carbonyl (C=O) groups is 2. The number of rotatable bonds is 8. The number of benzene rings is 1. The van der Waals surface area contributed by atoms with Gasteiger partial charge in [0, 0.05) is 51.9 Å². The summed E-state index contributed by atoms with van der Waals surface area (Å²) in [7, 11) is 0. The molecule has 1 aliphatic carbocycles. The Morgan fingerprint density at radius 2 is 1.70 bits per heavy atom. The Morgan fingerprint density at radius 3 is 2.38 bits per heavy atom. The van der Waals surface area contributed by atoms with E-state index in [4.69, 9.17) is 5.26 Å². The van der Waals surface area contributed by atoms with Crippen LogP contribution in [0.1, 0.15) is 62.5 Å². The lowest BCUT2D eigenvalue weighted by Crippen LogP contribution is -2.48. The molecule has 4 aliphatic rings. The minimum absolute atomic E-state index is 0.136. The van der Waals surface area contributed by atoms with Crippen LogP contribution in [0.15, 0.2) is 24.3 Å². The molecule has 2 atom stereocenters. The van der Waals surface area contributed by atoms with Gasteiger partial charge in [0.05, 0.1) is 11.6 Å². The molecule has 3 saturated heterocycles. The standard InChI is InChI=1S/C29H41N5O3/c30-18-22-6-8-23(9-7-22)20-33-16-17-34(29(33)37)26-11-13-31(14-12-26)19-24-10-15-32(21-24)27(28(35)36)25-4-2-1-3-5-25/h6-9,24-27H,1-5,10-17,19-21H2,(H,35,36)/t24?,27-/m1/s1. The number of aliphatic carboxylic acids is 1. The topological polar surface area (TPSA) is 91.1 Å². The molecule has 1 saturated carbocycles. The number of carbonyl (C=O) groups excluding carboxylic acids is 1. The Balaban J connectivity index is 1.07. The first-order chi connectivity index (χ1) is 18.0. The SMILES string of the molecule is N#Cc1ccc(CN2CCN(C3CCN(CC4CCN([C@@H](C(=O)O)C5CCCCC5)C4)CC3)C2=O)cc1. The van der Waals surface area contributed by atoms with Gasteiger partial charge in [-0.15, -0.1) is 0 Å². The zero-order valence-electron chi connectivity index (χ0n) is 21.9. The number of likely N-dealkylation sites (tertiary alicyclic amines) is 2. The van der Waals surface area contributed by atoms with Crippen molar-refractivity contribution in [2.75, 3.05) is 45.8 Å². The lowest BCUT2D eigenvalue weighted by atomic mass is 9.83. The van der Waals surface area contributed by atoms with Gasteiger partial charge in [-0.1, -0.05) is 31.4 Å². The Kier molecular flexibility index (Phi) is 8.31. The van der Waals surface area contributed by atoms with E-state index in [0.29, 0.717) is 30.0 Å². The highest BCUT2D eigenvalue weighted by Crippen LogP contribution is 2.32. The van der Waals surface area contributed by atoms with Crippen molar-refractivity contribution in [2.24, 2.45) is 11.8 Å². The number of carboxylic acid groups (broad SMARTS) is 1. The maximum Gasteiger partial charge on any atom is 0.321 e. The second kappa shape index (κ2) is 11.8. The minimum atomic E-state index is -0.628. The van der Waals surface area contributed by atoms with E-state index in [-0.39, 0.29) is 12.1 Å². The molecule has 8 nitrogen and oxygen atoms in total. The van der Waals surface area contributed by atoms with Crippen molar-refractivity contribution in [2.45, 2.75) is 70.0 Å². The highest BCUT2D eigenvalue weighted by atomic mass is 16.4. The number of carboxylic acids is 1. The smallest absolute Gasteiger partial charge is 0.321 e. The average Bonchev–Trinajstić information content (AvgIpc) is 3.52. The molecule has 0 aromatic heterocycles. The van der Waals surface area contributed by atoms with E-state index in [2.05, 4.69) is 20.8 Å². The van der Waals surface area contributed by atoms with Gasteiger partial charge in [-0.2, -0.15) is 5.26 Å². The number of hydrogen-bond donors (Lipinski definition) is 1. The molecule has 4 fully saturated rings. The van der Waals surface area contributed by atoms with Crippen molar-refractivity contribution >= 4 is 12.0 Å². The Labute approximate surface area is 220 Å². The lowest BCUT2D eigenvalue weighted by Gasteiger charge is -2.37. The van der Waals surface area contributed by atoms with E-state index in [1.165, 1.54) is 19.3 Å². The summed E-state index contributed by atoms with van der Waals surface area (Å²) in [4.78, 5) is 34.0. The number of nitrogens with zero attached hydrogens (tertiary/aromatic N) is 5. The zero-order valence-corrected chi connectivity index (χ0v) is 21.9. The van der Waals surface area contributed by atoms with Crippen LogP contribution in [-0.4, -0.2) is 94.6 Å². The number of nitriles is 1. The molecule has 200 valence electrons. The summed E-state index contributed by atoms with van der Waals surface area (Å²) in [6.45, 7) is 7.00. The van der Waals surface area contributed by atoms with E-state index >= 15 is 0 Å². The van der Waals surface area contributed by atoms with Crippen LogP contribution < -0.4 is 0 Å². The van der Waals surface area contributed by atoms with Crippen LogP contribution in [-0.2, 0) is 11.3 Å². The first kappa shape index (κ1) is 26.0. The first-order valence-corrected chi connectivity index (χ1v) is 14.3. The monoisotopic (exact) mass is 507 g/mol. The van der Waals surface area contributed by atoms with Gasteiger partial charge in [0.2, 0.25) is 0 Å². The highest BCUT2D eigenvalue weighted by Gasteiger charge is 2.39. The quantitative estimate of drug-likeness (QED) is 0.578. The molecule has 0 bridgehead atoms. The van der Waals surface area contributed by atoms with Crippen LogP contribution in [0.2, 0.25) is 0 Å². The number of amides is 2. The molecule has 37 heavy (non-hydrogen) atoms. The largest absolute Gasteiger partial charge is 0.480 e. The van der Waals surface area contributed by atoms with Crippen LogP contribution in [0.25, 0.3) is 0 Å². The van der Waals surface area contributed by atoms with Crippen LogP contribution >= 0.6 is 0 Å². The van der Waals surface area contributed by atoms with Crippen LogP contribution in [0.3, 0.4) is 0 Å². The molecule has 8 heteroatoms. The molecular weight excluding hydrogens is 466 g/mol. The maximum atomic E-state index is 13.1. The van der Waals surface area contributed by atoms with Gasteiger partial charge in [-0.25, -0.2) is 4.79 Å². The van der Waals surface area contributed by atoms with E-state index in [1.54, 1.807) is 0 Å². The fraction of sp³-hybridized carbons (Fsp3) is 0.690. The van der Waals surface area contributed by atoms with Crippen LogP contribution in [0.4, 0.5) is 4.79 Å². The average molecular weight is 508 g/mol. The summed E-state index contributed by atoms with van der Waals surface area (Å²) in [6.07, 6.45) is 8.82. The molecule has 1 unspecified atom stereocenters. The molecule has 1 N–H and O–H groups in total. The van der Waals surface area contributed by atoms with Gasteiger partial charge < -0.3 is 19.8 Å². The van der Waals surface area contributed by atoms with Crippen LogP contribution in [0.5, 0.6) is 0 Å². The minimum Gasteiger partial charge on any atom is -0.480 e. The summed E-state index contributed by atoms with van der Waals surface area (Å²) in [6, 6.07) is 9.77. The second-order valence-corrected chi connectivity index (χ2v) is 11.6. The molecular formula is C29H41N5O3. The second-order valence-electron chi connectivity index (χ2n) is 11.6. The summed E-state index contributed by atoms with van der Waals surface area (Å²) in [5.41, 5.74) is 1.70.